The Labute approximate surface area is 115 Å². The molecule has 1 saturated carbocycles. The zero-order chi connectivity index (χ0) is 14.3. The van der Waals surface area contributed by atoms with E-state index in [0.29, 0.717) is 31.7 Å². The third-order valence-corrected chi connectivity index (χ3v) is 3.88. The molecule has 5 nitrogen and oxygen atoms in total. The standard InChI is InChI=1S/C14H15FN2O3/c15-9-1-3-10(4-2-9)20-11-7-17(8-11)13(19)14(5-6-14)12(16)18/h1-4,11H,5-8H2,(H2,16,18). The van der Waals surface area contributed by atoms with Crippen molar-refractivity contribution in [2.45, 2.75) is 18.9 Å². The summed E-state index contributed by atoms with van der Waals surface area (Å²) in [4.78, 5) is 25.0. The van der Waals surface area contributed by atoms with Crippen LogP contribution in [0.3, 0.4) is 0 Å². The molecular formula is C14H15FN2O3. The van der Waals surface area contributed by atoms with E-state index < -0.39 is 11.3 Å². The number of primary amides is 1. The molecule has 1 aliphatic heterocycles. The topological polar surface area (TPSA) is 72.6 Å². The monoisotopic (exact) mass is 278 g/mol. The molecule has 20 heavy (non-hydrogen) atoms. The molecule has 1 heterocycles. The zero-order valence-corrected chi connectivity index (χ0v) is 10.8. The first kappa shape index (κ1) is 12.9. The number of benzene rings is 1. The van der Waals surface area contributed by atoms with Gasteiger partial charge in [0.2, 0.25) is 11.8 Å². The second kappa shape index (κ2) is 4.47. The Bertz CT molecular complexity index is 548. The molecule has 2 aliphatic rings. The maximum Gasteiger partial charge on any atom is 0.238 e. The molecule has 1 saturated heterocycles. The summed E-state index contributed by atoms with van der Waals surface area (Å²) in [5, 5.41) is 0. The van der Waals surface area contributed by atoms with Crippen LogP contribution in [0.4, 0.5) is 4.39 Å². The van der Waals surface area contributed by atoms with Crippen LogP contribution in [-0.2, 0) is 9.59 Å². The van der Waals surface area contributed by atoms with Crippen LogP contribution in [0.2, 0.25) is 0 Å². The quantitative estimate of drug-likeness (QED) is 0.823. The van der Waals surface area contributed by atoms with Crippen LogP contribution in [0.25, 0.3) is 0 Å². The van der Waals surface area contributed by atoms with Crippen LogP contribution >= 0.6 is 0 Å². The third-order valence-electron chi connectivity index (χ3n) is 3.88. The van der Waals surface area contributed by atoms with Crippen LogP contribution in [0.1, 0.15) is 12.8 Å². The fraction of sp³-hybridized carbons (Fsp3) is 0.429. The van der Waals surface area contributed by atoms with Crippen LogP contribution < -0.4 is 10.5 Å². The average molecular weight is 278 g/mol. The molecule has 0 bridgehead atoms. The molecule has 0 spiro atoms. The average Bonchev–Trinajstić information content (AvgIpc) is 3.16. The van der Waals surface area contributed by atoms with Gasteiger partial charge in [0.25, 0.3) is 0 Å². The number of nitrogens with zero attached hydrogens (tertiary/aromatic N) is 1. The second-order valence-corrected chi connectivity index (χ2v) is 5.35. The van der Waals surface area contributed by atoms with Crippen molar-refractivity contribution in [3.05, 3.63) is 30.1 Å². The summed E-state index contributed by atoms with van der Waals surface area (Å²) in [7, 11) is 0. The van der Waals surface area contributed by atoms with Crippen molar-refractivity contribution in [2.75, 3.05) is 13.1 Å². The molecule has 2 fully saturated rings. The summed E-state index contributed by atoms with van der Waals surface area (Å²) in [6.07, 6.45) is 0.968. The van der Waals surface area contributed by atoms with Crippen LogP contribution in [0, 0.1) is 11.2 Å². The molecule has 2 amide bonds. The zero-order valence-electron chi connectivity index (χ0n) is 10.8. The summed E-state index contributed by atoms with van der Waals surface area (Å²) in [6.45, 7) is 0.872. The van der Waals surface area contributed by atoms with Crippen molar-refractivity contribution in [2.24, 2.45) is 11.1 Å². The Morgan fingerprint density at radius 1 is 1.25 bits per heavy atom. The molecule has 3 rings (SSSR count). The first-order valence-corrected chi connectivity index (χ1v) is 6.53. The summed E-state index contributed by atoms with van der Waals surface area (Å²) < 4.78 is 18.4. The highest BCUT2D eigenvalue weighted by molar-refractivity contribution is 6.07. The van der Waals surface area contributed by atoms with Gasteiger partial charge >= 0.3 is 0 Å². The number of likely N-dealkylation sites (tertiary alicyclic amines) is 1. The molecular weight excluding hydrogens is 263 g/mol. The van der Waals surface area contributed by atoms with Gasteiger partial charge in [-0.15, -0.1) is 0 Å². The van der Waals surface area contributed by atoms with Gasteiger partial charge in [0, 0.05) is 0 Å². The van der Waals surface area contributed by atoms with E-state index in [1.165, 1.54) is 12.1 Å². The van der Waals surface area contributed by atoms with Crippen molar-refractivity contribution in [3.8, 4) is 5.75 Å². The van der Waals surface area contributed by atoms with E-state index in [0.717, 1.165) is 0 Å². The minimum absolute atomic E-state index is 0.118. The Balaban J connectivity index is 1.53. The number of rotatable bonds is 4. The molecule has 6 heteroatoms. The van der Waals surface area contributed by atoms with Gasteiger partial charge < -0.3 is 15.4 Å². The number of hydrogen-bond acceptors (Lipinski definition) is 3. The Morgan fingerprint density at radius 2 is 1.85 bits per heavy atom. The third kappa shape index (κ3) is 2.11. The number of nitrogens with two attached hydrogens (primary N) is 1. The van der Waals surface area contributed by atoms with Crippen molar-refractivity contribution in [3.63, 3.8) is 0 Å². The molecule has 0 aromatic heterocycles. The minimum atomic E-state index is -0.957. The molecule has 1 aliphatic carbocycles. The number of carbonyl (C=O) groups excluding carboxylic acids is 2. The van der Waals surface area contributed by atoms with E-state index in [-0.39, 0.29) is 17.8 Å². The Morgan fingerprint density at radius 3 is 2.35 bits per heavy atom. The lowest BCUT2D eigenvalue weighted by molar-refractivity contribution is -0.150. The van der Waals surface area contributed by atoms with E-state index in [2.05, 4.69) is 0 Å². The van der Waals surface area contributed by atoms with Gasteiger partial charge in [-0.3, -0.25) is 9.59 Å². The van der Waals surface area contributed by atoms with Crippen LogP contribution in [0.5, 0.6) is 5.75 Å². The van der Waals surface area contributed by atoms with Gasteiger partial charge in [0.1, 0.15) is 23.1 Å². The lowest BCUT2D eigenvalue weighted by Gasteiger charge is -2.40. The lowest BCUT2D eigenvalue weighted by atomic mass is 10.0. The molecule has 0 unspecified atom stereocenters. The van der Waals surface area contributed by atoms with E-state index in [1.807, 2.05) is 0 Å². The van der Waals surface area contributed by atoms with Gasteiger partial charge in [-0.1, -0.05) is 0 Å². The SMILES string of the molecule is NC(=O)C1(C(=O)N2CC(Oc3ccc(F)cc3)C2)CC1. The highest BCUT2D eigenvalue weighted by Crippen LogP contribution is 2.47. The molecule has 2 N–H and O–H groups in total. The van der Waals surface area contributed by atoms with Crippen molar-refractivity contribution < 1.29 is 18.7 Å². The largest absolute Gasteiger partial charge is 0.487 e. The Hall–Kier alpha value is -2.11. The predicted molar refractivity (Wildman–Crippen MR) is 68.3 cm³/mol. The fourth-order valence-electron chi connectivity index (χ4n) is 2.38. The van der Waals surface area contributed by atoms with Crippen molar-refractivity contribution >= 4 is 11.8 Å². The highest BCUT2D eigenvalue weighted by Gasteiger charge is 2.58. The van der Waals surface area contributed by atoms with Gasteiger partial charge in [-0.05, 0) is 37.1 Å². The number of hydrogen-bond donors (Lipinski definition) is 1. The summed E-state index contributed by atoms with van der Waals surface area (Å²) in [5.41, 5.74) is 4.31. The first-order valence-electron chi connectivity index (χ1n) is 6.53. The molecule has 1 aromatic rings. The van der Waals surface area contributed by atoms with E-state index in [1.54, 1.807) is 17.0 Å². The normalized spacial score (nSPS) is 20.1. The smallest absolute Gasteiger partial charge is 0.238 e. The number of carbonyl (C=O) groups is 2. The maximum atomic E-state index is 12.7. The van der Waals surface area contributed by atoms with E-state index in [9.17, 15) is 14.0 Å². The fourth-order valence-corrected chi connectivity index (χ4v) is 2.38. The first-order chi connectivity index (χ1) is 9.51. The second-order valence-electron chi connectivity index (χ2n) is 5.35. The molecule has 106 valence electrons. The van der Waals surface area contributed by atoms with Crippen molar-refractivity contribution in [1.82, 2.24) is 4.90 Å². The van der Waals surface area contributed by atoms with Crippen LogP contribution in [-0.4, -0.2) is 35.9 Å². The molecule has 0 atom stereocenters. The van der Waals surface area contributed by atoms with Gasteiger partial charge in [0.05, 0.1) is 13.1 Å². The van der Waals surface area contributed by atoms with Gasteiger partial charge in [0.15, 0.2) is 0 Å². The highest BCUT2D eigenvalue weighted by atomic mass is 19.1. The van der Waals surface area contributed by atoms with E-state index >= 15 is 0 Å². The number of ether oxygens (including phenoxy) is 1. The Kier molecular flexibility index (Phi) is 2.88. The van der Waals surface area contributed by atoms with Gasteiger partial charge in [-0.2, -0.15) is 0 Å². The summed E-state index contributed by atoms with van der Waals surface area (Å²) in [6, 6.07) is 5.74. The minimum Gasteiger partial charge on any atom is -0.487 e. The molecule has 1 aromatic carbocycles. The van der Waals surface area contributed by atoms with Gasteiger partial charge in [-0.25, -0.2) is 4.39 Å². The lowest BCUT2D eigenvalue weighted by Crippen LogP contribution is -2.59. The predicted octanol–water partition coefficient (Wildman–Crippen LogP) is 0.681. The summed E-state index contributed by atoms with van der Waals surface area (Å²) in [5.74, 6) is -0.478. The van der Waals surface area contributed by atoms with E-state index in [4.69, 9.17) is 10.5 Å². The maximum absolute atomic E-state index is 12.7. The molecule has 0 radical (unpaired) electrons. The summed E-state index contributed by atoms with van der Waals surface area (Å²) >= 11 is 0. The number of amides is 2. The van der Waals surface area contributed by atoms with Crippen molar-refractivity contribution in [1.29, 1.82) is 0 Å². The van der Waals surface area contributed by atoms with Crippen LogP contribution in [0.15, 0.2) is 24.3 Å². The number of halogens is 1.